The average Bonchev–Trinajstić information content (AvgIpc) is 2.52. The van der Waals surface area contributed by atoms with Gasteiger partial charge in [0.2, 0.25) is 0 Å². The maximum Gasteiger partial charge on any atom is 0.0342 e. The predicted octanol–water partition coefficient (Wildman–Crippen LogP) is 7.11. The van der Waals surface area contributed by atoms with Crippen LogP contribution in [0.15, 0.2) is 24.3 Å². The minimum absolute atomic E-state index is 1.11. The zero-order valence-electron chi connectivity index (χ0n) is 15.0. The van der Waals surface area contributed by atoms with Crippen LogP contribution in [-0.4, -0.2) is 6.54 Å². The summed E-state index contributed by atoms with van der Waals surface area (Å²) < 4.78 is 0. The van der Waals surface area contributed by atoms with E-state index in [0.717, 1.165) is 6.54 Å². The first-order chi connectivity index (χ1) is 10.8. The summed E-state index contributed by atoms with van der Waals surface area (Å²) in [5.41, 5.74) is 2.60. The largest absolute Gasteiger partial charge is 0.385 e. The maximum absolute atomic E-state index is 3.52. The topological polar surface area (TPSA) is 12.0 Å². The quantitative estimate of drug-likeness (QED) is 0.361. The molecule has 0 aliphatic heterocycles. The van der Waals surface area contributed by atoms with E-state index in [2.05, 4.69) is 43.4 Å². The molecule has 22 heavy (non-hydrogen) atoms. The molecule has 0 bridgehead atoms. The molecule has 0 aliphatic rings. The van der Waals surface area contributed by atoms with Gasteiger partial charge in [-0.25, -0.2) is 0 Å². The van der Waals surface area contributed by atoms with Crippen LogP contribution in [0, 0.1) is 6.92 Å². The normalized spacial score (nSPS) is 10.8. The first-order valence-corrected chi connectivity index (χ1v) is 9.63. The van der Waals surface area contributed by atoms with Crippen molar-refractivity contribution in [1.82, 2.24) is 0 Å². The molecule has 0 amide bonds. The van der Waals surface area contributed by atoms with Gasteiger partial charge < -0.3 is 5.32 Å². The molecule has 0 fully saturated rings. The smallest absolute Gasteiger partial charge is 0.0342 e. The van der Waals surface area contributed by atoms with E-state index in [9.17, 15) is 0 Å². The Balaban J connectivity index is 1.80. The molecule has 0 aliphatic carbocycles. The molecule has 1 heteroatoms. The van der Waals surface area contributed by atoms with Crippen LogP contribution in [0.5, 0.6) is 0 Å². The molecule has 0 saturated carbocycles. The summed E-state index contributed by atoms with van der Waals surface area (Å²) >= 11 is 0. The third-order valence-electron chi connectivity index (χ3n) is 4.38. The molecule has 1 rings (SSSR count). The zero-order chi connectivity index (χ0) is 15.9. The van der Waals surface area contributed by atoms with E-state index in [1.807, 2.05) is 0 Å². The fraction of sp³-hybridized carbons (Fsp3) is 0.714. The van der Waals surface area contributed by atoms with Crippen molar-refractivity contribution in [3.05, 3.63) is 29.8 Å². The van der Waals surface area contributed by atoms with Crippen molar-refractivity contribution in [1.29, 1.82) is 0 Å². The molecule has 1 aromatic carbocycles. The van der Waals surface area contributed by atoms with Crippen LogP contribution in [-0.2, 0) is 0 Å². The Morgan fingerprint density at radius 1 is 0.727 bits per heavy atom. The number of nitrogens with one attached hydrogen (secondary N) is 1. The van der Waals surface area contributed by atoms with Crippen LogP contribution in [0.3, 0.4) is 0 Å². The molecule has 126 valence electrons. The number of aryl methyl sites for hydroxylation is 1. The van der Waals surface area contributed by atoms with Crippen LogP contribution in [0.2, 0.25) is 0 Å². The van der Waals surface area contributed by atoms with Gasteiger partial charge in [-0.15, -0.1) is 0 Å². The lowest BCUT2D eigenvalue weighted by atomic mass is 10.1. The lowest BCUT2D eigenvalue weighted by molar-refractivity contribution is 0.546. The first-order valence-electron chi connectivity index (χ1n) is 9.63. The highest BCUT2D eigenvalue weighted by molar-refractivity contribution is 5.45. The summed E-state index contributed by atoms with van der Waals surface area (Å²) in [6.45, 7) is 5.55. The van der Waals surface area contributed by atoms with Crippen molar-refractivity contribution in [2.75, 3.05) is 11.9 Å². The van der Waals surface area contributed by atoms with Crippen molar-refractivity contribution in [2.45, 2.75) is 90.9 Å². The SMILES string of the molecule is CCCCCCCCCCCCCCNc1cccc(C)c1. The number of hydrogen-bond donors (Lipinski definition) is 1. The molecule has 0 spiro atoms. The van der Waals surface area contributed by atoms with Crippen LogP contribution in [0.25, 0.3) is 0 Å². The Hall–Kier alpha value is -0.980. The molecule has 0 heterocycles. The van der Waals surface area contributed by atoms with Crippen molar-refractivity contribution >= 4 is 5.69 Å². The Morgan fingerprint density at radius 2 is 1.27 bits per heavy atom. The Kier molecular flexibility index (Phi) is 11.8. The summed E-state index contributed by atoms with van der Waals surface area (Å²) in [7, 11) is 0. The second-order valence-corrected chi connectivity index (χ2v) is 6.69. The minimum Gasteiger partial charge on any atom is -0.385 e. The van der Waals surface area contributed by atoms with Gasteiger partial charge in [0.25, 0.3) is 0 Å². The van der Waals surface area contributed by atoms with E-state index < -0.39 is 0 Å². The second-order valence-electron chi connectivity index (χ2n) is 6.69. The molecule has 1 N–H and O–H groups in total. The summed E-state index contributed by atoms with van der Waals surface area (Å²) in [4.78, 5) is 0. The molecule has 0 atom stereocenters. The number of unbranched alkanes of at least 4 members (excludes halogenated alkanes) is 11. The highest BCUT2D eigenvalue weighted by Gasteiger charge is 1.94. The number of hydrogen-bond acceptors (Lipinski definition) is 1. The van der Waals surface area contributed by atoms with E-state index in [0.29, 0.717) is 0 Å². The number of rotatable bonds is 14. The van der Waals surface area contributed by atoms with E-state index in [4.69, 9.17) is 0 Å². The fourth-order valence-corrected chi connectivity index (χ4v) is 2.95. The van der Waals surface area contributed by atoms with Gasteiger partial charge in [-0.05, 0) is 31.0 Å². The highest BCUT2D eigenvalue weighted by Crippen LogP contribution is 2.13. The molecule has 1 nitrogen and oxygen atoms in total. The maximum atomic E-state index is 3.52. The molecule has 0 aromatic heterocycles. The highest BCUT2D eigenvalue weighted by atomic mass is 14.9. The van der Waals surface area contributed by atoms with E-state index in [-0.39, 0.29) is 0 Å². The number of benzene rings is 1. The van der Waals surface area contributed by atoms with Crippen molar-refractivity contribution in [3.8, 4) is 0 Å². The zero-order valence-corrected chi connectivity index (χ0v) is 15.0. The summed E-state index contributed by atoms with van der Waals surface area (Å²) in [6.07, 6.45) is 17.0. The van der Waals surface area contributed by atoms with Gasteiger partial charge >= 0.3 is 0 Å². The van der Waals surface area contributed by atoms with Crippen LogP contribution in [0.1, 0.15) is 89.5 Å². The third kappa shape index (κ3) is 10.7. The molecular weight excluding hydrogens is 266 g/mol. The molecule has 0 radical (unpaired) electrons. The van der Waals surface area contributed by atoms with Crippen LogP contribution in [0.4, 0.5) is 5.69 Å². The summed E-state index contributed by atoms with van der Waals surface area (Å²) in [6, 6.07) is 8.66. The Morgan fingerprint density at radius 3 is 1.82 bits per heavy atom. The van der Waals surface area contributed by atoms with Gasteiger partial charge in [-0.3, -0.25) is 0 Å². The summed E-state index contributed by atoms with van der Waals surface area (Å²) in [5, 5.41) is 3.52. The van der Waals surface area contributed by atoms with Crippen molar-refractivity contribution in [3.63, 3.8) is 0 Å². The van der Waals surface area contributed by atoms with Crippen molar-refractivity contribution in [2.24, 2.45) is 0 Å². The Bertz CT molecular complexity index is 359. The van der Waals surface area contributed by atoms with Gasteiger partial charge in [0, 0.05) is 12.2 Å². The third-order valence-corrected chi connectivity index (χ3v) is 4.38. The van der Waals surface area contributed by atoms with Crippen molar-refractivity contribution < 1.29 is 0 Å². The van der Waals surface area contributed by atoms with Gasteiger partial charge in [-0.1, -0.05) is 89.7 Å². The standard InChI is InChI=1S/C21H37N/c1-3-4-5-6-7-8-9-10-11-12-13-14-18-22-21-17-15-16-20(2)19-21/h15-17,19,22H,3-14,18H2,1-2H3. The first kappa shape index (κ1) is 19.1. The fourth-order valence-electron chi connectivity index (χ4n) is 2.95. The molecule has 0 saturated heterocycles. The van der Waals surface area contributed by atoms with Gasteiger partial charge in [0.1, 0.15) is 0 Å². The van der Waals surface area contributed by atoms with E-state index in [1.54, 1.807) is 0 Å². The predicted molar refractivity (Wildman–Crippen MR) is 101 cm³/mol. The lowest BCUT2D eigenvalue weighted by Crippen LogP contribution is -2.01. The minimum atomic E-state index is 1.11. The number of anilines is 1. The lowest BCUT2D eigenvalue weighted by Gasteiger charge is -2.07. The Labute approximate surface area is 138 Å². The summed E-state index contributed by atoms with van der Waals surface area (Å²) in [5.74, 6) is 0. The van der Waals surface area contributed by atoms with E-state index >= 15 is 0 Å². The monoisotopic (exact) mass is 303 g/mol. The van der Waals surface area contributed by atoms with Crippen LogP contribution < -0.4 is 5.32 Å². The molecular formula is C21H37N. The molecule has 1 aromatic rings. The molecule has 0 unspecified atom stereocenters. The van der Waals surface area contributed by atoms with Gasteiger partial charge in [0.15, 0.2) is 0 Å². The van der Waals surface area contributed by atoms with Gasteiger partial charge in [0.05, 0.1) is 0 Å². The average molecular weight is 304 g/mol. The van der Waals surface area contributed by atoms with Crippen LogP contribution >= 0.6 is 0 Å². The second kappa shape index (κ2) is 13.7. The van der Waals surface area contributed by atoms with E-state index in [1.165, 1.54) is 88.3 Å². The van der Waals surface area contributed by atoms with Gasteiger partial charge in [-0.2, -0.15) is 0 Å².